The second kappa shape index (κ2) is 9.08. The smallest absolute Gasteiger partial charge is 0.337 e. The highest BCUT2D eigenvalue weighted by atomic mass is 31.2. The van der Waals surface area contributed by atoms with E-state index in [1.165, 1.54) is 0 Å². The van der Waals surface area contributed by atoms with Gasteiger partial charge in [-0.3, -0.25) is 9.36 Å². The highest BCUT2D eigenvalue weighted by Crippen LogP contribution is 2.42. The van der Waals surface area contributed by atoms with E-state index < -0.39 is 19.2 Å². The summed E-state index contributed by atoms with van der Waals surface area (Å²) in [6.07, 6.45) is 7.91. The van der Waals surface area contributed by atoms with E-state index in [9.17, 15) is 9.36 Å². The number of carbonyl (C=O) groups excluding carboxylic acids is 1. The van der Waals surface area contributed by atoms with Crippen LogP contribution in [0.2, 0.25) is 0 Å². The van der Waals surface area contributed by atoms with E-state index in [0.717, 1.165) is 18.4 Å². The van der Waals surface area contributed by atoms with Crippen molar-refractivity contribution in [1.82, 2.24) is 5.32 Å². The fourth-order valence-corrected chi connectivity index (χ4v) is 2.47. The van der Waals surface area contributed by atoms with Gasteiger partial charge >= 0.3 is 7.60 Å². The lowest BCUT2D eigenvalue weighted by Gasteiger charge is -2.15. The van der Waals surface area contributed by atoms with Crippen LogP contribution < -0.4 is 5.32 Å². The molecule has 1 unspecified atom stereocenters. The van der Waals surface area contributed by atoms with Crippen LogP contribution in [0.1, 0.15) is 40.0 Å². The SMILES string of the molecule is C/C=C/CC/C(C)=C/CNC(=O)C(CC)P(=O)(O)O. The van der Waals surface area contributed by atoms with Crippen LogP contribution in [-0.4, -0.2) is 27.9 Å². The zero-order chi connectivity index (χ0) is 14.9. The van der Waals surface area contributed by atoms with Crippen LogP contribution in [0.4, 0.5) is 0 Å². The van der Waals surface area contributed by atoms with Crippen LogP contribution in [0.5, 0.6) is 0 Å². The van der Waals surface area contributed by atoms with Crippen molar-refractivity contribution < 1.29 is 19.1 Å². The normalized spacial score (nSPS) is 14.7. The van der Waals surface area contributed by atoms with Crippen LogP contribution in [0.15, 0.2) is 23.8 Å². The Morgan fingerprint density at radius 3 is 2.53 bits per heavy atom. The summed E-state index contributed by atoms with van der Waals surface area (Å²) in [6.45, 7) is 5.82. The molecule has 0 spiro atoms. The third kappa shape index (κ3) is 7.98. The zero-order valence-corrected chi connectivity index (χ0v) is 12.7. The molecule has 110 valence electrons. The van der Waals surface area contributed by atoms with E-state index >= 15 is 0 Å². The Hall–Kier alpha value is -0.900. The van der Waals surface area contributed by atoms with Crippen LogP contribution in [0, 0.1) is 0 Å². The van der Waals surface area contributed by atoms with E-state index in [1.54, 1.807) is 6.92 Å². The molecule has 0 aromatic carbocycles. The first-order valence-electron chi connectivity index (χ1n) is 6.42. The average molecular weight is 289 g/mol. The monoisotopic (exact) mass is 289 g/mol. The van der Waals surface area contributed by atoms with Gasteiger partial charge in [0.05, 0.1) is 0 Å². The molecule has 0 aliphatic heterocycles. The summed E-state index contributed by atoms with van der Waals surface area (Å²) in [5.74, 6) is -0.590. The summed E-state index contributed by atoms with van der Waals surface area (Å²) in [7, 11) is -4.36. The summed E-state index contributed by atoms with van der Waals surface area (Å²) in [4.78, 5) is 29.7. The molecule has 1 atom stereocenters. The first-order valence-corrected chi connectivity index (χ1v) is 8.10. The molecular formula is C13H24NO4P. The topological polar surface area (TPSA) is 86.6 Å². The molecule has 0 aliphatic rings. The van der Waals surface area contributed by atoms with Crippen LogP contribution >= 0.6 is 7.60 Å². The standard InChI is InChI=1S/C13H24NO4P/c1-4-6-7-8-11(3)9-10-14-13(15)12(5-2)19(16,17)18/h4,6,9,12H,5,7-8,10H2,1-3H3,(H,14,15)(H2,16,17,18)/b6-4+,11-9+. The van der Waals surface area contributed by atoms with Crippen LogP contribution in [0.3, 0.4) is 0 Å². The maximum absolute atomic E-state index is 11.6. The zero-order valence-electron chi connectivity index (χ0n) is 11.8. The van der Waals surface area contributed by atoms with E-state index in [1.807, 2.05) is 26.0 Å². The molecule has 0 fully saturated rings. The maximum Gasteiger partial charge on any atom is 0.337 e. The summed E-state index contributed by atoms with van der Waals surface area (Å²) >= 11 is 0. The second-order valence-corrected chi connectivity index (χ2v) is 6.22. The van der Waals surface area contributed by atoms with E-state index in [4.69, 9.17) is 9.79 Å². The quantitative estimate of drug-likeness (QED) is 0.473. The molecule has 0 aliphatic carbocycles. The minimum atomic E-state index is -4.36. The molecule has 3 N–H and O–H groups in total. The van der Waals surface area contributed by atoms with Gasteiger partial charge in [-0.1, -0.05) is 30.7 Å². The molecule has 0 saturated heterocycles. The Bertz CT molecular complexity index is 384. The summed E-state index contributed by atoms with van der Waals surface area (Å²) < 4.78 is 11.1. The fourth-order valence-electron chi connectivity index (χ4n) is 1.60. The Morgan fingerprint density at radius 1 is 1.42 bits per heavy atom. The van der Waals surface area contributed by atoms with Crippen LogP contribution in [0.25, 0.3) is 0 Å². The molecule has 0 saturated carbocycles. The molecule has 0 heterocycles. The van der Waals surface area contributed by atoms with Gasteiger partial charge in [-0.15, -0.1) is 0 Å². The number of carbonyl (C=O) groups is 1. The highest BCUT2D eigenvalue weighted by Gasteiger charge is 2.33. The molecule has 0 bridgehead atoms. The molecule has 0 radical (unpaired) electrons. The first-order chi connectivity index (χ1) is 8.82. The Balaban J connectivity index is 4.22. The first kappa shape index (κ1) is 18.1. The van der Waals surface area contributed by atoms with Gasteiger partial charge in [0.1, 0.15) is 5.66 Å². The van der Waals surface area contributed by atoms with E-state index in [-0.39, 0.29) is 6.42 Å². The molecule has 0 aromatic heterocycles. The van der Waals surface area contributed by atoms with Gasteiger partial charge in [0.25, 0.3) is 0 Å². The molecule has 5 nitrogen and oxygen atoms in total. The van der Waals surface area contributed by atoms with Crippen molar-refractivity contribution in [3.63, 3.8) is 0 Å². The summed E-state index contributed by atoms with van der Waals surface area (Å²) in [6, 6.07) is 0. The Labute approximate surface area is 115 Å². The van der Waals surface area contributed by atoms with Gasteiger partial charge in [-0.25, -0.2) is 0 Å². The number of hydrogen-bond donors (Lipinski definition) is 3. The lowest BCUT2D eigenvalue weighted by atomic mass is 10.1. The molecular weight excluding hydrogens is 265 g/mol. The number of nitrogens with one attached hydrogen (secondary N) is 1. The fraction of sp³-hybridized carbons (Fsp3) is 0.615. The summed E-state index contributed by atoms with van der Waals surface area (Å²) in [5.41, 5.74) is -0.105. The highest BCUT2D eigenvalue weighted by molar-refractivity contribution is 7.53. The minimum Gasteiger partial charge on any atom is -0.352 e. The van der Waals surface area contributed by atoms with Crippen molar-refractivity contribution in [1.29, 1.82) is 0 Å². The lowest BCUT2D eigenvalue weighted by molar-refractivity contribution is -0.120. The maximum atomic E-state index is 11.6. The van der Waals surface area contributed by atoms with Crippen molar-refractivity contribution in [2.24, 2.45) is 0 Å². The van der Waals surface area contributed by atoms with Gasteiger partial charge in [-0.2, -0.15) is 0 Å². The predicted octanol–water partition coefficient (Wildman–Crippen LogP) is 2.36. The van der Waals surface area contributed by atoms with E-state index in [0.29, 0.717) is 6.54 Å². The summed E-state index contributed by atoms with van der Waals surface area (Å²) in [5, 5.41) is 2.54. The van der Waals surface area contributed by atoms with Crippen molar-refractivity contribution in [2.45, 2.75) is 45.7 Å². The average Bonchev–Trinajstić information content (AvgIpc) is 2.28. The van der Waals surface area contributed by atoms with E-state index in [2.05, 4.69) is 11.4 Å². The largest absolute Gasteiger partial charge is 0.352 e. The Morgan fingerprint density at radius 2 is 2.05 bits per heavy atom. The molecule has 19 heavy (non-hydrogen) atoms. The van der Waals surface area contributed by atoms with Gasteiger partial charge < -0.3 is 15.1 Å². The molecule has 1 amide bonds. The van der Waals surface area contributed by atoms with Gasteiger partial charge in [0, 0.05) is 6.54 Å². The molecule has 0 aromatic rings. The second-order valence-electron chi connectivity index (χ2n) is 4.42. The van der Waals surface area contributed by atoms with Crippen molar-refractivity contribution in [3.8, 4) is 0 Å². The van der Waals surface area contributed by atoms with Crippen LogP contribution in [-0.2, 0) is 9.36 Å². The van der Waals surface area contributed by atoms with Crippen molar-refractivity contribution >= 4 is 13.5 Å². The lowest BCUT2D eigenvalue weighted by Crippen LogP contribution is -2.34. The van der Waals surface area contributed by atoms with Crippen molar-refractivity contribution in [3.05, 3.63) is 23.8 Å². The number of amides is 1. The van der Waals surface area contributed by atoms with Gasteiger partial charge in [-0.05, 0) is 33.1 Å². The number of rotatable bonds is 8. The Kier molecular flexibility index (Phi) is 8.65. The molecule has 6 heteroatoms. The number of allylic oxidation sites excluding steroid dienone is 3. The number of hydrogen-bond acceptors (Lipinski definition) is 2. The van der Waals surface area contributed by atoms with Gasteiger partial charge in [0.2, 0.25) is 5.91 Å². The predicted molar refractivity (Wildman–Crippen MR) is 76.9 cm³/mol. The third-order valence-corrected chi connectivity index (χ3v) is 4.17. The minimum absolute atomic E-state index is 0.125. The van der Waals surface area contributed by atoms with Gasteiger partial charge in [0.15, 0.2) is 0 Å². The molecule has 0 rings (SSSR count). The third-order valence-electron chi connectivity index (χ3n) is 2.76. The van der Waals surface area contributed by atoms with Crippen molar-refractivity contribution in [2.75, 3.05) is 6.54 Å².